The van der Waals surface area contributed by atoms with E-state index in [1.165, 1.54) is 11.1 Å². The minimum absolute atomic E-state index is 0.0128. The summed E-state index contributed by atoms with van der Waals surface area (Å²) in [6.07, 6.45) is 2.84. The highest BCUT2D eigenvalue weighted by Crippen LogP contribution is 2.17. The predicted octanol–water partition coefficient (Wildman–Crippen LogP) is 3.22. The fraction of sp³-hybridized carbons (Fsp3) is 0.368. The summed E-state index contributed by atoms with van der Waals surface area (Å²) in [5.74, 6) is -0.0128. The zero-order valence-electron chi connectivity index (χ0n) is 13.8. The van der Waals surface area contributed by atoms with Gasteiger partial charge < -0.3 is 10.1 Å². The Morgan fingerprint density at radius 1 is 1.22 bits per heavy atom. The summed E-state index contributed by atoms with van der Waals surface area (Å²) in [5.41, 5.74) is 3.28. The minimum atomic E-state index is -0.131. The number of carbonyl (C=O) groups excluding carboxylic acids is 1. The molecule has 0 aliphatic carbocycles. The number of benzene rings is 1. The van der Waals surface area contributed by atoms with Gasteiger partial charge in [0.1, 0.15) is 0 Å². The molecule has 0 bridgehead atoms. The van der Waals surface area contributed by atoms with E-state index in [2.05, 4.69) is 41.5 Å². The van der Waals surface area contributed by atoms with E-state index < -0.39 is 0 Å². The predicted molar refractivity (Wildman–Crippen MR) is 91.1 cm³/mol. The van der Waals surface area contributed by atoms with Crippen molar-refractivity contribution in [1.29, 1.82) is 0 Å². The molecule has 0 aliphatic rings. The number of hydrogen-bond donors (Lipinski definition) is 1. The van der Waals surface area contributed by atoms with E-state index >= 15 is 0 Å². The lowest BCUT2D eigenvalue weighted by Crippen LogP contribution is -2.31. The third-order valence-corrected chi connectivity index (χ3v) is 3.62. The molecule has 0 radical (unpaired) electrons. The fourth-order valence-corrected chi connectivity index (χ4v) is 2.35. The van der Waals surface area contributed by atoms with Crippen molar-refractivity contribution in [2.45, 2.75) is 32.7 Å². The van der Waals surface area contributed by atoms with Gasteiger partial charge in [-0.1, -0.05) is 35.9 Å². The maximum absolute atomic E-state index is 12.1. The van der Waals surface area contributed by atoms with E-state index in [0.29, 0.717) is 19.6 Å². The number of amides is 1. The second-order valence-corrected chi connectivity index (χ2v) is 5.51. The molecule has 2 aromatic rings. The number of ether oxygens (including phenoxy) is 1. The lowest BCUT2D eigenvalue weighted by atomic mass is 10.0. The van der Waals surface area contributed by atoms with Gasteiger partial charge in [0.2, 0.25) is 5.91 Å². The summed E-state index contributed by atoms with van der Waals surface area (Å²) in [5, 5.41) is 3.07. The first-order chi connectivity index (χ1) is 11.2. The van der Waals surface area contributed by atoms with Gasteiger partial charge in [-0.3, -0.25) is 9.78 Å². The molecule has 0 unspecified atom stereocenters. The number of nitrogens with one attached hydrogen (secondary N) is 1. The highest BCUT2D eigenvalue weighted by atomic mass is 16.5. The highest BCUT2D eigenvalue weighted by Gasteiger charge is 2.16. The van der Waals surface area contributed by atoms with Crippen molar-refractivity contribution in [2.24, 2.45) is 0 Å². The number of pyridine rings is 1. The standard InChI is InChI=1S/C19H24N2O2/c1-3-23-13-11-19(22)21-18(17-6-4-5-12-20-17)14-16-9-7-15(2)8-10-16/h4-10,12,18H,3,11,13-14H2,1-2H3,(H,21,22)/t18-/m1/s1. The molecular formula is C19H24N2O2. The van der Waals surface area contributed by atoms with Gasteiger partial charge in [-0.05, 0) is 38.0 Å². The molecular weight excluding hydrogens is 288 g/mol. The Bertz CT molecular complexity index is 597. The number of nitrogens with zero attached hydrogens (tertiary/aromatic N) is 1. The van der Waals surface area contributed by atoms with E-state index in [4.69, 9.17) is 4.74 Å². The van der Waals surface area contributed by atoms with Crippen molar-refractivity contribution in [3.63, 3.8) is 0 Å². The van der Waals surface area contributed by atoms with Gasteiger partial charge >= 0.3 is 0 Å². The first-order valence-corrected chi connectivity index (χ1v) is 8.02. The van der Waals surface area contributed by atoms with E-state index in [9.17, 15) is 4.79 Å². The zero-order valence-corrected chi connectivity index (χ0v) is 13.8. The molecule has 0 saturated carbocycles. The lowest BCUT2D eigenvalue weighted by Gasteiger charge is -2.18. The monoisotopic (exact) mass is 312 g/mol. The van der Waals surface area contributed by atoms with Crippen molar-refractivity contribution in [3.8, 4) is 0 Å². The van der Waals surface area contributed by atoms with E-state index in [1.807, 2.05) is 25.1 Å². The van der Waals surface area contributed by atoms with Crippen LogP contribution in [0.5, 0.6) is 0 Å². The van der Waals surface area contributed by atoms with Gasteiger partial charge in [-0.25, -0.2) is 0 Å². The highest BCUT2D eigenvalue weighted by molar-refractivity contribution is 5.76. The zero-order chi connectivity index (χ0) is 16.5. The molecule has 23 heavy (non-hydrogen) atoms. The van der Waals surface area contributed by atoms with E-state index in [0.717, 1.165) is 12.1 Å². The molecule has 1 atom stereocenters. The molecule has 1 heterocycles. The van der Waals surface area contributed by atoms with Gasteiger partial charge in [0.05, 0.1) is 18.3 Å². The van der Waals surface area contributed by atoms with Crippen LogP contribution in [0.2, 0.25) is 0 Å². The number of aromatic nitrogens is 1. The largest absolute Gasteiger partial charge is 0.381 e. The van der Waals surface area contributed by atoms with Crippen molar-refractivity contribution in [1.82, 2.24) is 10.3 Å². The van der Waals surface area contributed by atoms with Crippen LogP contribution >= 0.6 is 0 Å². The quantitative estimate of drug-likeness (QED) is 0.762. The Morgan fingerprint density at radius 2 is 2.00 bits per heavy atom. The molecule has 1 N–H and O–H groups in total. The smallest absolute Gasteiger partial charge is 0.222 e. The van der Waals surface area contributed by atoms with Crippen LogP contribution in [0.3, 0.4) is 0 Å². The van der Waals surface area contributed by atoms with Crippen LogP contribution in [0.1, 0.15) is 36.2 Å². The summed E-state index contributed by atoms with van der Waals surface area (Å²) in [6, 6.07) is 14.0. The van der Waals surface area contributed by atoms with Gasteiger partial charge in [0, 0.05) is 19.2 Å². The van der Waals surface area contributed by atoms with Gasteiger partial charge in [0.25, 0.3) is 0 Å². The minimum Gasteiger partial charge on any atom is -0.381 e. The third-order valence-electron chi connectivity index (χ3n) is 3.62. The molecule has 1 amide bonds. The summed E-state index contributed by atoms with van der Waals surface area (Å²) in [6.45, 7) is 5.06. The van der Waals surface area contributed by atoms with Crippen LogP contribution in [0.4, 0.5) is 0 Å². The molecule has 1 aromatic heterocycles. The molecule has 0 saturated heterocycles. The first kappa shape index (κ1) is 17.2. The molecule has 0 aliphatic heterocycles. The lowest BCUT2D eigenvalue weighted by molar-refractivity contribution is -0.122. The molecule has 0 fully saturated rings. The topological polar surface area (TPSA) is 51.2 Å². The summed E-state index contributed by atoms with van der Waals surface area (Å²) >= 11 is 0. The van der Waals surface area contributed by atoms with Gasteiger partial charge in [-0.15, -0.1) is 0 Å². The maximum atomic E-state index is 12.1. The summed E-state index contributed by atoms with van der Waals surface area (Å²) in [4.78, 5) is 16.5. The Morgan fingerprint density at radius 3 is 2.65 bits per heavy atom. The summed E-state index contributed by atoms with van der Waals surface area (Å²) < 4.78 is 5.25. The van der Waals surface area contributed by atoms with Crippen molar-refractivity contribution in [3.05, 3.63) is 65.5 Å². The SMILES string of the molecule is CCOCCC(=O)N[C@H](Cc1ccc(C)cc1)c1ccccn1. The fourth-order valence-electron chi connectivity index (χ4n) is 2.35. The van der Waals surface area contributed by atoms with Gasteiger partial charge in [0.15, 0.2) is 0 Å². The Labute approximate surface area is 137 Å². The average molecular weight is 312 g/mol. The number of hydrogen-bond acceptors (Lipinski definition) is 3. The van der Waals surface area contributed by atoms with Crippen LogP contribution in [0, 0.1) is 6.92 Å². The molecule has 0 spiro atoms. The molecule has 4 heteroatoms. The van der Waals surface area contributed by atoms with Crippen molar-refractivity contribution < 1.29 is 9.53 Å². The molecule has 122 valence electrons. The van der Waals surface area contributed by atoms with E-state index in [-0.39, 0.29) is 11.9 Å². The molecule has 4 nitrogen and oxygen atoms in total. The normalized spacial score (nSPS) is 11.9. The van der Waals surface area contributed by atoms with Crippen LogP contribution in [0.15, 0.2) is 48.7 Å². The summed E-state index contributed by atoms with van der Waals surface area (Å²) in [7, 11) is 0. The number of carbonyl (C=O) groups is 1. The van der Waals surface area contributed by atoms with Crippen LogP contribution in [-0.4, -0.2) is 24.1 Å². The van der Waals surface area contributed by atoms with Crippen LogP contribution in [-0.2, 0) is 16.0 Å². The number of aryl methyl sites for hydroxylation is 1. The van der Waals surface area contributed by atoms with Crippen molar-refractivity contribution >= 4 is 5.91 Å². The Hall–Kier alpha value is -2.20. The van der Waals surface area contributed by atoms with Crippen LogP contribution in [0.25, 0.3) is 0 Å². The van der Waals surface area contributed by atoms with E-state index in [1.54, 1.807) is 6.20 Å². The third kappa shape index (κ3) is 5.83. The Balaban J connectivity index is 2.06. The van der Waals surface area contributed by atoms with Gasteiger partial charge in [-0.2, -0.15) is 0 Å². The second kappa shape index (κ2) is 9.06. The average Bonchev–Trinajstić information content (AvgIpc) is 2.57. The molecule has 1 aromatic carbocycles. The molecule has 2 rings (SSSR count). The number of rotatable bonds is 8. The maximum Gasteiger partial charge on any atom is 0.222 e. The van der Waals surface area contributed by atoms with Crippen LogP contribution < -0.4 is 5.32 Å². The van der Waals surface area contributed by atoms with Crippen molar-refractivity contribution in [2.75, 3.05) is 13.2 Å². The first-order valence-electron chi connectivity index (χ1n) is 8.02. The second-order valence-electron chi connectivity index (χ2n) is 5.51. The Kier molecular flexibility index (Phi) is 6.76.